The van der Waals surface area contributed by atoms with Crippen molar-refractivity contribution in [3.8, 4) is 0 Å². The minimum Gasteiger partial charge on any atom is -0.430 e. The Hall–Kier alpha value is -1.23. The van der Waals surface area contributed by atoms with E-state index in [1.807, 2.05) is 6.92 Å². The van der Waals surface area contributed by atoms with Crippen LogP contribution in [-0.2, 0) is 23.7 Å². The minimum absolute atomic E-state index is 0.149. The lowest BCUT2D eigenvalue weighted by Crippen LogP contribution is -2.59. The Morgan fingerprint density at radius 2 is 1.35 bits per heavy atom. The lowest BCUT2D eigenvalue weighted by atomic mass is 9.99. The molecule has 0 saturated carbocycles. The summed E-state index contributed by atoms with van der Waals surface area (Å²) in [5, 5.41) is 77.1. The van der Waals surface area contributed by atoms with Gasteiger partial charge in [0.25, 0.3) is 0 Å². The van der Waals surface area contributed by atoms with Gasteiger partial charge in [0.1, 0.15) is 48.8 Å². The van der Waals surface area contributed by atoms with Crippen LogP contribution >= 0.6 is 0 Å². The first-order valence-corrected chi connectivity index (χ1v) is 11.2. The number of rotatable bonds is 11. The highest BCUT2D eigenvalue weighted by atomic mass is 16.7. The molecule has 0 amide bonds. The molecule has 2 heterocycles. The van der Waals surface area contributed by atoms with Gasteiger partial charge in [-0.2, -0.15) is 0 Å². The fraction of sp³-hybridized carbons (Fsp3) is 0.857. The van der Waals surface area contributed by atoms with Crippen LogP contribution in [-0.4, -0.2) is 128 Å². The highest BCUT2D eigenvalue weighted by Gasteiger charge is 2.45. The normalized spacial score (nSPS) is 39.8. The number of hydrogen-bond donors (Lipinski definition) is 8. The maximum atomic E-state index is 11.9. The molecule has 0 aliphatic carbocycles. The number of hydrogen-bond acceptors (Lipinski definition) is 13. The van der Waals surface area contributed by atoms with Gasteiger partial charge in [0, 0.05) is 6.08 Å². The van der Waals surface area contributed by atoms with Crippen molar-refractivity contribution in [1.29, 1.82) is 0 Å². The second-order valence-electron chi connectivity index (χ2n) is 8.58. The molecule has 2 fully saturated rings. The standard InChI is InChI=1S/C21H36O13/c1-10(6-7-31-20-18(29)16(27)14(25)11(8-22)32-20)4-2-3-5-13(24)34-21-19(30)17(28)15(26)12(9-23)33-21/h3,5,10-12,14-23,25-30H,2,4,6-9H2,1H3/b5-3+/t10-,11?,12?,14+,15+,16?,17?,18?,19?,20-,21+/m1/s1. The minimum atomic E-state index is -1.67. The number of carbonyl (C=O) groups excluding carboxylic acids is 1. The van der Waals surface area contributed by atoms with Crippen LogP contribution in [0.4, 0.5) is 0 Å². The molecule has 6 unspecified atom stereocenters. The molecule has 2 aliphatic heterocycles. The summed E-state index contributed by atoms with van der Waals surface area (Å²) in [6.45, 7) is 0.961. The largest absolute Gasteiger partial charge is 0.430 e. The number of ether oxygens (including phenoxy) is 4. The van der Waals surface area contributed by atoms with Crippen LogP contribution < -0.4 is 0 Å². The lowest BCUT2D eigenvalue weighted by molar-refractivity contribution is -0.301. The molecule has 0 aromatic rings. The highest BCUT2D eigenvalue weighted by Crippen LogP contribution is 2.23. The molecule has 0 bridgehead atoms. The third-order valence-electron chi connectivity index (χ3n) is 5.90. The van der Waals surface area contributed by atoms with Crippen LogP contribution in [0.2, 0.25) is 0 Å². The van der Waals surface area contributed by atoms with Crippen LogP contribution in [0.15, 0.2) is 12.2 Å². The quantitative estimate of drug-likeness (QED) is 0.103. The van der Waals surface area contributed by atoms with E-state index in [1.54, 1.807) is 6.08 Å². The van der Waals surface area contributed by atoms with E-state index in [0.29, 0.717) is 19.3 Å². The third-order valence-corrected chi connectivity index (χ3v) is 5.90. The van der Waals surface area contributed by atoms with Gasteiger partial charge in [-0.3, -0.25) is 0 Å². The molecule has 2 rings (SSSR count). The second-order valence-corrected chi connectivity index (χ2v) is 8.58. The van der Waals surface area contributed by atoms with Gasteiger partial charge in [-0.25, -0.2) is 4.79 Å². The summed E-state index contributed by atoms with van der Waals surface area (Å²) in [6, 6.07) is 0. The molecule has 13 nitrogen and oxygen atoms in total. The van der Waals surface area contributed by atoms with Crippen LogP contribution in [0, 0.1) is 5.92 Å². The molecule has 13 heteroatoms. The molecule has 0 radical (unpaired) electrons. The van der Waals surface area contributed by atoms with Crippen molar-refractivity contribution >= 4 is 5.97 Å². The fourth-order valence-corrected chi connectivity index (χ4v) is 3.61. The molecule has 0 aromatic heterocycles. The van der Waals surface area contributed by atoms with Crippen molar-refractivity contribution < 1.29 is 64.6 Å². The molecule has 0 aromatic carbocycles. The van der Waals surface area contributed by atoms with Gasteiger partial charge < -0.3 is 59.8 Å². The van der Waals surface area contributed by atoms with E-state index in [4.69, 9.17) is 24.1 Å². The van der Waals surface area contributed by atoms with Crippen LogP contribution in [0.3, 0.4) is 0 Å². The zero-order chi connectivity index (χ0) is 25.4. The summed E-state index contributed by atoms with van der Waals surface area (Å²) in [5.74, 6) is -0.682. The maximum Gasteiger partial charge on any atom is 0.332 e. The zero-order valence-electron chi connectivity index (χ0n) is 18.9. The average molecular weight is 497 g/mol. The van der Waals surface area contributed by atoms with Gasteiger partial charge in [0.15, 0.2) is 6.29 Å². The Kier molecular flexibility index (Phi) is 11.7. The van der Waals surface area contributed by atoms with E-state index in [1.165, 1.54) is 0 Å². The van der Waals surface area contributed by atoms with Crippen molar-refractivity contribution in [3.05, 3.63) is 12.2 Å². The summed E-state index contributed by atoms with van der Waals surface area (Å²) in [5.41, 5.74) is 0. The zero-order valence-corrected chi connectivity index (χ0v) is 18.9. The van der Waals surface area contributed by atoms with Crippen molar-refractivity contribution in [1.82, 2.24) is 0 Å². The summed E-state index contributed by atoms with van der Waals surface area (Å²) in [6.07, 6.45) is -9.74. The number of esters is 1. The highest BCUT2D eigenvalue weighted by molar-refractivity contribution is 5.82. The molecule has 2 saturated heterocycles. The first kappa shape index (κ1) is 29.0. The lowest BCUT2D eigenvalue weighted by Gasteiger charge is -2.39. The first-order valence-electron chi connectivity index (χ1n) is 11.2. The van der Waals surface area contributed by atoms with Gasteiger partial charge >= 0.3 is 5.97 Å². The monoisotopic (exact) mass is 496 g/mol. The second kappa shape index (κ2) is 13.8. The Bertz CT molecular complexity index is 642. The first-order chi connectivity index (χ1) is 16.1. The van der Waals surface area contributed by atoms with Crippen LogP contribution in [0.25, 0.3) is 0 Å². The van der Waals surface area contributed by atoms with Crippen LogP contribution in [0.1, 0.15) is 26.2 Å². The van der Waals surface area contributed by atoms with Crippen LogP contribution in [0.5, 0.6) is 0 Å². The molecule has 34 heavy (non-hydrogen) atoms. The smallest absolute Gasteiger partial charge is 0.332 e. The van der Waals surface area contributed by atoms with Crippen molar-refractivity contribution in [2.75, 3.05) is 19.8 Å². The molecular formula is C21H36O13. The third kappa shape index (κ3) is 7.63. The van der Waals surface area contributed by atoms with Crippen molar-refractivity contribution in [3.63, 3.8) is 0 Å². The Morgan fingerprint density at radius 3 is 1.91 bits per heavy atom. The maximum absolute atomic E-state index is 11.9. The summed E-state index contributed by atoms with van der Waals surface area (Å²) in [7, 11) is 0. The van der Waals surface area contributed by atoms with E-state index in [2.05, 4.69) is 0 Å². The van der Waals surface area contributed by atoms with Crippen molar-refractivity contribution in [2.45, 2.75) is 87.6 Å². The predicted octanol–water partition coefficient (Wildman–Crippen LogP) is -3.49. The Balaban J connectivity index is 1.67. The average Bonchev–Trinajstić information content (AvgIpc) is 2.82. The summed E-state index contributed by atoms with van der Waals surface area (Å²) >= 11 is 0. The molecule has 8 N–H and O–H groups in total. The molecular weight excluding hydrogens is 460 g/mol. The van der Waals surface area contributed by atoms with Gasteiger partial charge in [0.05, 0.1) is 19.8 Å². The van der Waals surface area contributed by atoms with E-state index in [0.717, 1.165) is 6.08 Å². The number of carbonyl (C=O) groups is 1. The van der Waals surface area contributed by atoms with Gasteiger partial charge in [-0.1, -0.05) is 13.0 Å². The van der Waals surface area contributed by atoms with Crippen molar-refractivity contribution in [2.24, 2.45) is 5.92 Å². The van der Waals surface area contributed by atoms with E-state index in [-0.39, 0.29) is 12.5 Å². The number of allylic oxidation sites excluding steroid dienone is 1. The van der Waals surface area contributed by atoms with Gasteiger partial charge in [-0.05, 0) is 25.2 Å². The molecule has 2 aliphatic rings. The van der Waals surface area contributed by atoms with E-state index < -0.39 is 80.6 Å². The Labute approximate surface area is 196 Å². The predicted molar refractivity (Wildman–Crippen MR) is 112 cm³/mol. The van der Waals surface area contributed by atoms with E-state index in [9.17, 15) is 40.5 Å². The molecule has 0 spiro atoms. The van der Waals surface area contributed by atoms with Gasteiger partial charge in [0.2, 0.25) is 6.29 Å². The topological polar surface area (TPSA) is 216 Å². The van der Waals surface area contributed by atoms with E-state index >= 15 is 0 Å². The SMILES string of the molecule is C[C@H](CC/C=C/C(=O)O[C@@H]1OC(CO)[C@H](O)C(O)C1O)CCO[C@@H]1OC(CO)[C@H](O)C(O)C1O. The number of aliphatic hydroxyl groups excluding tert-OH is 8. The van der Waals surface area contributed by atoms with Gasteiger partial charge in [-0.15, -0.1) is 0 Å². The fourth-order valence-electron chi connectivity index (χ4n) is 3.61. The molecule has 11 atom stereocenters. The summed E-state index contributed by atoms with van der Waals surface area (Å²) in [4.78, 5) is 11.9. The summed E-state index contributed by atoms with van der Waals surface area (Å²) < 4.78 is 20.8. The molecule has 198 valence electrons. The Morgan fingerprint density at radius 1 is 0.824 bits per heavy atom. The number of aliphatic hydroxyl groups is 8.